The molecule has 1 rings (SSSR count). The van der Waals surface area contributed by atoms with Gasteiger partial charge >= 0.3 is 0 Å². The Hall–Kier alpha value is 0.220. The SMILES string of the molecule is C#CC(NCCC)C1CSC(C)C(C)S1. The first kappa shape index (κ1) is 13.3. The normalized spacial score (nSPS) is 33.3. The van der Waals surface area contributed by atoms with E-state index in [1.165, 1.54) is 5.75 Å². The van der Waals surface area contributed by atoms with Gasteiger partial charge in [-0.3, -0.25) is 0 Å². The Balaban J connectivity index is 2.44. The molecule has 1 aliphatic heterocycles. The first-order valence-corrected chi connectivity index (χ1v) is 7.64. The van der Waals surface area contributed by atoms with Gasteiger partial charge in [0.15, 0.2) is 0 Å². The summed E-state index contributed by atoms with van der Waals surface area (Å²) in [5, 5.41) is 5.51. The van der Waals surface area contributed by atoms with Crippen LogP contribution in [0, 0.1) is 12.3 Å². The summed E-state index contributed by atoms with van der Waals surface area (Å²) < 4.78 is 0. The minimum Gasteiger partial charge on any atom is -0.303 e. The van der Waals surface area contributed by atoms with E-state index >= 15 is 0 Å². The van der Waals surface area contributed by atoms with E-state index in [1.54, 1.807) is 0 Å². The quantitative estimate of drug-likeness (QED) is 0.762. The molecule has 0 aromatic rings. The molecule has 0 spiro atoms. The number of hydrogen-bond donors (Lipinski definition) is 1. The van der Waals surface area contributed by atoms with Crippen molar-refractivity contribution in [3.05, 3.63) is 0 Å². The Morgan fingerprint density at radius 3 is 2.73 bits per heavy atom. The molecule has 1 saturated heterocycles. The maximum absolute atomic E-state index is 5.59. The summed E-state index contributed by atoms with van der Waals surface area (Å²) in [4.78, 5) is 0. The van der Waals surface area contributed by atoms with E-state index < -0.39 is 0 Å². The molecule has 0 aromatic heterocycles. The minimum atomic E-state index is 0.248. The number of terminal acetylenes is 1. The lowest BCUT2D eigenvalue weighted by Gasteiger charge is -2.34. The number of thioether (sulfide) groups is 2. The van der Waals surface area contributed by atoms with Gasteiger partial charge in [-0.25, -0.2) is 0 Å². The van der Waals surface area contributed by atoms with Gasteiger partial charge in [-0.1, -0.05) is 26.7 Å². The monoisotopic (exact) mass is 243 g/mol. The molecular formula is C12H21NS2. The Morgan fingerprint density at radius 1 is 1.47 bits per heavy atom. The van der Waals surface area contributed by atoms with E-state index in [2.05, 4.69) is 55.5 Å². The zero-order valence-electron chi connectivity index (χ0n) is 9.82. The maximum Gasteiger partial charge on any atom is 0.0815 e. The highest BCUT2D eigenvalue weighted by Gasteiger charge is 2.29. The highest BCUT2D eigenvalue weighted by Crippen LogP contribution is 2.36. The molecule has 0 aliphatic carbocycles. The van der Waals surface area contributed by atoms with E-state index in [4.69, 9.17) is 6.42 Å². The summed E-state index contributed by atoms with van der Waals surface area (Å²) in [6, 6.07) is 0.248. The summed E-state index contributed by atoms with van der Waals surface area (Å²) >= 11 is 4.11. The van der Waals surface area contributed by atoms with Crippen molar-refractivity contribution < 1.29 is 0 Å². The van der Waals surface area contributed by atoms with E-state index in [0.29, 0.717) is 10.5 Å². The van der Waals surface area contributed by atoms with E-state index in [9.17, 15) is 0 Å². The van der Waals surface area contributed by atoms with E-state index in [0.717, 1.165) is 18.2 Å². The van der Waals surface area contributed by atoms with Crippen LogP contribution in [0.5, 0.6) is 0 Å². The maximum atomic E-state index is 5.59. The van der Waals surface area contributed by atoms with Crippen molar-refractivity contribution in [2.75, 3.05) is 12.3 Å². The molecular weight excluding hydrogens is 222 g/mol. The average molecular weight is 243 g/mol. The van der Waals surface area contributed by atoms with Crippen LogP contribution < -0.4 is 5.32 Å². The first-order chi connectivity index (χ1) is 7.19. The fraction of sp³-hybridized carbons (Fsp3) is 0.833. The fourth-order valence-corrected chi connectivity index (χ4v) is 4.62. The van der Waals surface area contributed by atoms with Crippen molar-refractivity contribution in [2.24, 2.45) is 0 Å². The summed E-state index contributed by atoms with van der Waals surface area (Å²) in [6.07, 6.45) is 6.74. The molecule has 1 aliphatic rings. The van der Waals surface area contributed by atoms with Crippen LogP contribution >= 0.6 is 23.5 Å². The van der Waals surface area contributed by atoms with Gasteiger partial charge < -0.3 is 5.32 Å². The van der Waals surface area contributed by atoms with Crippen LogP contribution in [0.4, 0.5) is 0 Å². The molecule has 15 heavy (non-hydrogen) atoms. The van der Waals surface area contributed by atoms with Crippen molar-refractivity contribution in [3.63, 3.8) is 0 Å². The molecule has 1 fully saturated rings. The van der Waals surface area contributed by atoms with E-state index in [1.807, 2.05) is 0 Å². The summed E-state index contributed by atoms with van der Waals surface area (Å²) in [7, 11) is 0. The molecule has 3 heteroatoms. The van der Waals surface area contributed by atoms with Crippen LogP contribution in [0.3, 0.4) is 0 Å². The number of nitrogens with one attached hydrogen (secondary N) is 1. The average Bonchev–Trinajstić information content (AvgIpc) is 2.24. The molecule has 86 valence electrons. The highest BCUT2D eigenvalue weighted by atomic mass is 32.2. The smallest absolute Gasteiger partial charge is 0.0815 e. The lowest BCUT2D eigenvalue weighted by atomic mass is 10.2. The highest BCUT2D eigenvalue weighted by molar-refractivity contribution is 8.07. The van der Waals surface area contributed by atoms with Crippen LogP contribution in [-0.4, -0.2) is 34.1 Å². The molecule has 0 bridgehead atoms. The van der Waals surface area contributed by atoms with Crippen LogP contribution in [0.15, 0.2) is 0 Å². The minimum absolute atomic E-state index is 0.248. The Bertz CT molecular complexity index is 224. The fourth-order valence-electron chi connectivity index (χ4n) is 1.58. The summed E-state index contributed by atoms with van der Waals surface area (Å²) in [6.45, 7) is 7.82. The molecule has 0 saturated carbocycles. The van der Waals surface area contributed by atoms with Crippen LogP contribution in [0.1, 0.15) is 27.2 Å². The first-order valence-electron chi connectivity index (χ1n) is 5.65. The lowest BCUT2D eigenvalue weighted by Crippen LogP contribution is -2.42. The van der Waals surface area contributed by atoms with Gasteiger partial charge in [-0.05, 0) is 13.0 Å². The number of hydrogen-bond acceptors (Lipinski definition) is 3. The van der Waals surface area contributed by atoms with Gasteiger partial charge in [0.25, 0.3) is 0 Å². The number of rotatable bonds is 4. The molecule has 0 radical (unpaired) electrons. The molecule has 1 heterocycles. The predicted molar refractivity (Wildman–Crippen MR) is 73.7 cm³/mol. The molecule has 1 nitrogen and oxygen atoms in total. The predicted octanol–water partition coefficient (Wildman–Crippen LogP) is 2.61. The van der Waals surface area contributed by atoms with Gasteiger partial charge in [0.1, 0.15) is 0 Å². The summed E-state index contributed by atoms with van der Waals surface area (Å²) in [5.74, 6) is 4.08. The largest absolute Gasteiger partial charge is 0.303 e. The Labute approximate surface area is 103 Å². The molecule has 1 N–H and O–H groups in total. The van der Waals surface area contributed by atoms with Gasteiger partial charge in [-0.2, -0.15) is 23.5 Å². The van der Waals surface area contributed by atoms with Crippen LogP contribution in [0.25, 0.3) is 0 Å². The van der Waals surface area contributed by atoms with Gasteiger partial charge in [0, 0.05) is 21.5 Å². The van der Waals surface area contributed by atoms with Crippen molar-refractivity contribution in [1.29, 1.82) is 0 Å². The van der Waals surface area contributed by atoms with Crippen molar-refractivity contribution in [1.82, 2.24) is 5.32 Å². The van der Waals surface area contributed by atoms with Gasteiger partial charge in [0.05, 0.1) is 6.04 Å². The molecule has 0 aromatic carbocycles. The van der Waals surface area contributed by atoms with Crippen molar-refractivity contribution in [3.8, 4) is 12.3 Å². The van der Waals surface area contributed by atoms with Gasteiger partial charge in [-0.15, -0.1) is 6.42 Å². The second-order valence-electron chi connectivity index (χ2n) is 4.02. The molecule has 0 amide bonds. The van der Waals surface area contributed by atoms with Crippen molar-refractivity contribution >= 4 is 23.5 Å². The molecule has 4 unspecified atom stereocenters. The zero-order valence-corrected chi connectivity index (χ0v) is 11.5. The Morgan fingerprint density at radius 2 is 2.20 bits per heavy atom. The summed E-state index contributed by atoms with van der Waals surface area (Å²) in [5.41, 5.74) is 0. The standard InChI is InChI=1S/C12H21NS2/c1-5-7-13-11(6-2)12-8-14-9(3)10(4)15-12/h2,9-13H,5,7-8H2,1,3-4H3. The third kappa shape index (κ3) is 3.94. The topological polar surface area (TPSA) is 12.0 Å². The van der Waals surface area contributed by atoms with E-state index in [-0.39, 0.29) is 6.04 Å². The molecule has 4 atom stereocenters. The van der Waals surface area contributed by atoms with Gasteiger partial charge in [0.2, 0.25) is 0 Å². The zero-order chi connectivity index (χ0) is 11.3. The van der Waals surface area contributed by atoms with Crippen molar-refractivity contribution in [2.45, 2.75) is 49.0 Å². The Kier molecular flexibility index (Phi) is 5.96. The van der Waals surface area contributed by atoms with Crippen LogP contribution in [0.2, 0.25) is 0 Å². The third-order valence-electron chi connectivity index (χ3n) is 2.74. The van der Waals surface area contributed by atoms with Crippen LogP contribution in [-0.2, 0) is 0 Å². The third-order valence-corrected chi connectivity index (χ3v) is 6.23. The second-order valence-corrected chi connectivity index (χ2v) is 7.05. The second kappa shape index (κ2) is 6.73. The lowest BCUT2D eigenvalue weighted by molar-refractivity contribution is 0.595.